The maximum absolute atomic E-state index is 12.7. The number of carboxylic acids is 1. The summed E-state index contributed by atoms with van der Waals surface area (Å²) in [5.41, 5.74) is 4.44. The number of amides is 1. The van der Waals surface area contributed by atoms with Gasteiger partial charge in [-0.1, -0.05) is 66.2 Å². The van der Waals surface area contributed by atoms with E-state index in [1.807, 2.05) is 36.4 Å². The first kappa shape index (κ1) is 21.7. The average Bonchev–Trinajstić information content (AvgIpc) is 3.10. The minimum atomic E-state index is -1.12. The second kappa shape index (κ2) is 9.75. The van der Waals surface area contributed by atoms with Crippen LogP contribution in [0.15, 0.2) is 72.8 Å². The highest BCUT2D eigenvalue weighted by molar-refractivity contribution is 6.30. The first-order chi connectivity index (χ1) is 15.5. The third kappa shape index (κ3) is 4.86. The number of hydrogen-bond donors (Lipinski definition) is 1. The molecule has 164 valence electrons. The molecule has 0 bridgehead atoms. The third-order valence-electron chi connectivity index (χ3n) is 5.35. The van der Waals surface area contributed by atoms with Crippen molar-refractivity contribution in [3.05, 3.63) is 88.9 Å². The molecule has 0 unspecified atom stereocenters. The molecular formula is C25H22ClNO5. The van der Waals surface area contributed by atoms with Crippen LogP contribution < -0.4 is 4.74 Å². The van der Waals surface area contributed by atoms with Gasteiger partial charge in [0.05, 0.1) is 6.54 Å². The van der Waals surface area contributed by atoms with E-state index in [1.165, 1.54) is 0 Å². The molecule has 0 spiro atoms. The zero-order valence-corrected chi connectivity index (χ0v) is 18.0. The van der Waals surface area contributed by atoms with Gasteiger partial charge in [0.25, 0.3) is 0 Å². The molecule has 1 aliphatic carbocycles. The van der Waals surface area contributed by atoms with E-state index in [0.29, 0.717) is 10.8 Å². The van der Waals surface area contributed by atoms with Gasteiger partial charge in [-0.15, -0.1) is 0 Å². The lowest BCUT2D eigenvalue weighted by atomic mass is 9.98. The van der Waals surface area contributed by atoms with Crippen LogP contribution in [0, 0.1) is 0 Å². The minimum Gasteiger partial charge on any atom is -0.492 e. The van der Waals surface area contributed by atoms with Crippen molar-refractivity contribution in [1.82, 2.24) is 4.90 Å². The molecule has 6 nitrogen and oxygen atoms in total. The Morgan fingerprint density at radius 3 is 2.22 bits per heavy atom. The molecule has 32 heavy (non-hydrogen) atoms. The number of carboxylic acid groups (broad SMARTS) is 1. The number of aliphatic carboxylic acids is 1. The molecule has 7 heteroatoms. The number of nitrogens with zero attached hydrogens (tertiary/aromatic N) is 1. The van der Waals surface area contributed by atoms with Gasteiger partial charge in [-0.2, -0.15) is 0 Å². The van der Waals surface area contributed by atoms with Crippen molar-refractivity contribution in [3.8, 4) is 16.9 Å². The fraction of sp³-hybridized carbons (Fsp3) is 0.200. The molecule has 0 heterocycles. The Morgan fingerprint density at radius 1 is 0.938 bits per heavy atom. The monoisotopic (exact) mass is 451 g/mol. The van der Waals surface area contributed by atoms with E-state index >= 15 is 0 Å². The van der Waals surface area contributed by atoms with Gasteiger partial charge in [-0.3, -0.25) is 9.69 Å². The number of rotatable bonds is 8. The number of ether oxygens (including phenoxy) is 2. The summed E-state index contributed by atoms with van der Waals surface area (Å²) in [6.45, 7) is -0.180. The Bertz CT molecular complexity index is 1090. The maximum Gasteiger partial charge on any atom is 0.410 e. The number of fused-ring (bicyclic) bond motifs is 3. The van der Waals surface area contributed by atoms with Crippen LogP contribution in [0.1, 0.15) is 17.0 Å². The van der Waals surface area contributed by atoms with Gasteiger partial charge in [-0.05, 0) is 40.5 Å². The molecule has 0 saturated carbocycles. The largest absolute Gasteiger partial charge is 0.492 e. The molecule has 1 aliphatic rings. The molecule has 0 aliphatic heterocycles. The van der Waals surface area contributed by atoms with Crippen molar-refractivity contribution in [2.24, 2.45) is 0 Å². The fourth-order valence-electron chi connectivity index (χ4n) is 3.91. The molecule has 0 aromatic heterocycles. The molecule has 1 N–H and O–H groups in total. The van der Waals surface area contributed by atoms with Crippen LogP contribution in [0.4, 0.5) is 4.79 Å². The number of carbonyl (C=O) groups is 2. The summed E-state index contributed by atoms with van der Waals surface area (Å²) in [7, 11) is 0. The smallest absolute Gasteiger partial charge is 0.410 e. The average molecular weight is 452 g/mol. The lowest BCUT2D eigenvalue weighted by molar-refractivity contribution is -0.138. The highest BCUT2D eigenvalue weighted by atomic mass is 35.5. The van der Waals surface area contributed by atoms with Crippen molar-refractivity contribution >= 4 is 23.7 Å². The molecule has 3 aromatic rings. The first-order valence-electron chi connectivity index (χ1n) is 10.2. The number of halogens is 1. The second-order valence-electron chi connectivity index (χ2n) is 7.43. The standard InChI is InChI=1S/C25H22ClNO5/c26-17-6-5-7-18(14-17)31-13-12-27(15-24(28)29)25(30)32-16-23-21-10-3-1-8-19(21)20-9-2-4-11-22(20)23/h1-11,14,23H,12-13,15-16H2,(H,28,29). The van der Waals surface area contributed by atoms with Crippen molar-refractivity contribution in [1.29, 1.82) is 0 Å². The molecular weight excluding hydrogens is 430 g/mol. The van der Waals surface area contributed by atoms with Crippen LogP contribution >= 0.6 is 11.6 Å². The van der Waals surface area contributed by atoms with Crippen molar-refractivity contribution in [2.75, 3.05) is 26.3 Å². The normalized spacial score (nSPS) is 12.0. The quantitative estimate of drug-likeness (QED) is 0.518. The van der Waals surface area contributed by atoms with E-state index in [4.69, 9.17) is 21.1 Å². The maximum atomic E-state index is 12.7. The van der Waals surface area contributed by atoms with E-state index in [1.54, 1.807) is 24.3 Å². The lowest BCUT2D eigenvalue weighted by Gasteiger charge is -2.22. The highest BCUT2D eigenvalue weighted by Crippen LogP contribution is 2.44. The first-order valence-corrected chi connectivity index (χ1v) is 10.6. The van der Waals surface area contributed by atoms with Gasteiger partial charge in [0.15, 0.2) is 0 Å². The molecule has 0 atom stereocenters. The van der Waals surface area contributed by atoms with Crippen LogP contribution in [0.5, 0.6) is 5.75 Å². The molecule has 4 rings (SSSR count). The van der Waals surface area contributed by atoms with E-state index in [0.717, 1.165) is 27.2 Å². The van der Waals surface area contributed by atoms with E-state index in [2.05, 4.69) is 12.1 Å². The molecule has 0 saturated heterocycles. The topological polar surface area (TPSA) is 76.1 Å². The minimum absolute atomic E-state index is 0.0650. The van der Waals surface area contributed by atoms with Gasteiger partial charge in [-0.25, -0.2) is 4.79 Å². The van der Waals surface area contributed by atoms with Crippen LogP contribution in [-0.2, 0) is 9.53 Å². The summed E-state index contributed by atoms with van der Waals surface area (Å²) in [6.07, 6.45) is -0.691. The van der Waals surface area contributed by atoms with Crippen LogP contribution in [0.2, 0.25) is 5.02 Å². The summed E-state index contributed by atoms with van der Waals surface area (Å²) >= 11 is 5.94. The molecule has 0 radical (unpaired) electrons. The molecule has 0 fully saturated rings. The Balaban J connectivity index is 1.41. The Labute approximate surface area is 191 Å². The number of benzene rings is 3. The Hall–Kier alpha value is -3.51. The predicted molar refractivity (Wildman–Crippen MR) is 121 cm³/mol. The summed E-state index contributed by atoms with van der Waals surface area (Å²) in [5, 5.41) is 9.75. The van der Waals surface area contributed by atoms with Gasteiger partial charge in [0, 0.05) is 10.9 Å². The Kier molecular flexibility index (Phi) is 6.61. The van der Waals surface area contributed by atoms with E-state index < -0.39 is 18.6 Å². The highest BCUT2D eigenvalue weighted by Gasteiger charge is 2.30. The zero-order valence-electron chi connectivity index (χ0n) is 17.2. The van der Waals surface area contributed by atoms with Gasteiger partial charge in [0.2, 0.25) is 0 Å². The van der Waals surface area contributed by atoms with Crippen LogP contribution in [-0.4, -0.2) is 48.4 Å². The third-order valence-corrected chi connectivity index (χ3v) is 5.58. The summed E-state index contributed by atoms with van der Waals surface area (Å²) in [4.78, 5) is 25.1. The fourth-order valence-corrected chi connectivity index (χ4v) is 4.09. The second-order valence-corrected chi connectivity index (χ2v) is 7.86. The van der Waals surface area contributed by atoms with Gasteiger partial charge >= 0.3 is 12.1 Å². The molecule has 1 amide bonds. The predicted octanol–water partition coefficient (Wildman–Crippen LogP) is 5.05. The van der Waals surface area contributed by atoms with Crippen molar-refractivity contribution in [2.45, 2.75) is 5.92 Å². The zero-order chi connectivity index (χ0) is 22.5. The van der Waals surface area contributed by atoms with Crippen LogP contribution in [0.3, 0.4) is 0 Å². The lowest BCUT2D eigenvalue weighted by Crippen LogP contribution is -2.39. The summed E-state index contributed by atoms with van der Waals surface area (Å²) < 4.78 is 11.2. The molecule has 3 aromatic carbocycles. The van der Waals surface area contributed by atoms with Gasteiger partial charge in [0.1, 0.15) is 25.5 Å². The summed E-state index contributed by atoms with van der Waals surface area (Å²) in [6, 6.07) is 22.9. The van der Waals surface area contributed by atoms with Crippen LogP contribution in [0.25, 0.3) is 11.1 Å². The van der Waals surface area contributed by atoms with E-state index in [9.17, 15) is 14.7 Å². The van der Waals surface area contributed by atoms with E-state index in [-0.39, 0.29) is 25.7 Å². The number of hydrogen-bond acceptors (Lipinski definition) is 4. The Morgan fingerprint density at radius 2 is 1.59 bits per heavy atom. The van der Waals surface area contributed by atoms with Crippen molar-refractivity contribution < 1.29 is 24.2 Å². The van der Waals surface area contributed by atoms with Crippen molar-refractivity contribution in [3.63, 3.8) is 0 Å². The number of carbonyl (C=O) groups excluding carboxylic acids is 1. The van der Waals surface area contributed by atoms with Gasteiger partial charge < -0.3 is 14.6 Å². The SMILES string of the molecule is O=C(O)CN(CCOc1cccc(Cl)c1)C(=O)OCC1c2ccccc2-c2ccccc21. The summed E-state index contributed by atoms with van der Waals surface area (Å²) in [5.74, 6) is -0.678.